The highest BCUT2D eigenvalue weighted by Gasteiger charge is 2.29. The second kappa shape index (κ2) is 10.4. The van der Waals surface area contributed by atoms with Gasteiger partial charge in [-0.05, 0) is 34.6 Å². The van der Waals surface area contributed by atoms with Crippen LogP contribution in [-0.2, 0) is 16.6 Å². The van der Waals surface area contributed by atoms with E-state index in [-0.39, 0.29) is 42.2 Å². The first-order valence-electron chi connectivity index (χ1n) is 11.5. The highest BCUT2D eigenvalue weighted by Crippen LogP contribution is 2.44. The van der Waals surface area contributed by atoms with E-state index < -0.39 is 12.1 Å². The zero-order valence-corrected chi connectivity index (χ0v) is 19.7. The van der Waals surface area contributed by atoms with Crippen molar-refractivity contribution < 1.29 is 24.2 Å². The Labute approximate surface area is 203 Å². The number of carboxylic acid groups (broad SMARTS) is 1. The molecule has 9 heteroatoms. The normalized spacial score (nSPS) is 13.0. The van der Waals surface area contributed by atoms with Crippen molar-refractivity contribution in [3.8, 4) is 11.1 Å². The lowest BCUT2D eigenvalue weighted by molar-refractivity contribution is -0.117. The second-order valence-corrected chi connectivity index (χ2v) is 8.73. The van der Waals surface area contributed by atoms with Crippen molar-refractivity contribution in [1.82, 2.24) is 15.1 Å². The van der Waals surface area contributed by atoms with Gasteiger partial charge in [-0.3, -0.25) is 9.48 Å². The Morgan fingerprint density at radius 2 is 1.71 bits per heavy atom. The third-order valence-electron chi connectivity index (χ3n) is 6.20. The van der Waals surface area contributed by atoms with Crippen LogP contribution in [0.1, 0.15) is 47.3 Å². The van der Waals surface area contributed by atoms with E-state index in [9.17, 15) is 19.5 Å². The fraction of sp³-hybridized carbons (Fsp3) is 0.308. The van der Waals surface area contributed by atoms with Gasteiger partial charge in [0, 0.05) is 25.9 Å². The number of carboxylic acids is 1. The minimum Gasteiger partial charge on any atom is -0.476 e. The SMILES string of the molecule is CC(CCNC(=O)OCC1c2ccccc2-c2ccccc21)CC(=O)Nc1cnn(C)c1C(=O)O. The molecule has 1 heterocycles. The first kappa shape index (κ1) is 24.0. The van der Waals surface area contributed by atoms with Crippen LogP contribution in [-0.4, -0.2) is 46.0 Å². The number of anilines is 1. The van der Waals surface area contributed by atoms with Gasteiger partial charge in [-0.1, -0.05) is 55.5 Å². The summed E-state index contributed by atoms with van der Waals surface area (Å²) in [6.07, 6.45) is 1.56. The highest BCUT2D eigenvalue weighted by atomic mass is 16.5. The molecule has 182 valence electrons. The smallest absolute Gasteiger partial charge is 0.407 e. The minimum absolute atomic E-state index is 0.000982. The number of carbonyl (C=O) groups is 3. The lowest BCUT2D eigenvalue weighted by Gasteiger charge is -2.15. The van der Waals surface area contributed by atoms with Gasteiger partial charge < -0.3 is 20.5 Å². The molecule has 1 aliphatic rings. The molecule has 2 aromatic carbocycles. The van der Waals surface area contributed by atoms with Crippen molar-refractivity contribution in [2.24, 2.45) is 13.0 Å². The van der Waals surface area contributed by atoms with Crippen LogP contribution in [0.5, 0.6) is 0 Å². The summed E-state index contributed by atoms with van der Waals surface area (Å²) in [7, 11) is 1.50. The molecule has 3 N–H and O–H groups in total. The lowest BCUT2D eigenvalue weighted by atomic mass is 9.98. The molecule has 4 rings (SSSR count). The maximum absolute atomic E-state index is 12.3. The van der Waals surface area contributed by atoms with Crippen LogP contribution >= 0.6 is 0 Å². The van der Waals surface area contributed by atoms with Gasteiger partial charge in [-0.15, -0.1) is 0 Å². The summed E-state index contributed by atoms with van der Waals surface area (Å²) in [6.45, 7) is 2.49. The first-order chi connectivity index (χ1) is 16.8. The number of hydrogen-bond donors (Lipinski definition) is 3. The number of aromatic carboxylic acids is 1. The Hall–Kier alpha value is -4.14. The van der Waals surface area contributed by atoms with Crippen LogP contribution in [0.2, 0.25) is 0 Å². The molecule has 1 unspecified atom stereocenters. The molecule has 0 saturated carbocycles. The zero-order valence-electron chi connectivity index (χ0n) is 19.7. The van der Waals surface area contributed by atoms with Gasteiger partial charge in [0.15, 0.2) is 5.69 Å². The molecule has 3 aromatic rings. The summed E-state index contributed by atoms with van der Waals surface area (Å²) in [5, 5.41) is 18.5. The Morgan fingerprint density at radius 3 is 2.34 bits per heavy atom. The molecule has 0 bridgehead atoms. The molecule has 35 heavy (non-hydrogen) atoms. The Balaban J connectivity index is 1.22. The Morgan fingerprint density at radius 1 is 1.09 bits per heavy atom. The first-order valence-corrected chi connectivity index (χ1v) is 11.5. The monoisotopic (exact) mass is 476 g/mol. The van der Waals surface area contributed by atoms with Gasteiger partial charge in [0.05, 0.1) is 11.9 Å². The third-order valence-corrected chi connectivity index (χ3v) is 6.20. The predicted octanol–water partition coefficient (Wildman–Crippen LogP) is 4.01. The standard InChI is InChI=1S/C26H28N4O5/c1-16(13-23(31)29-22-14-28-30(2)24(22)25(32)33)11-12-27-26(34)35-15-21-19-9-5-3-7-17(19)18-8-4-6-10-20(18)21/h3-10,14,16,21H,11-13,15H2,1-2H3,(H,27,34)(H,29,31)(H,32,33). The molecule has 1 atom stereocenters. The van der Waals surface area contributed by atoms with E-state index >= 15 is 0 Å². The van der Waals surface area contributed by atoms with E-state index in [2.05, 4.69) is 40.0 Å². The number of nitrogens with zero attached hydrogens (tertiary/aromatic N) is 2. The Kier molecular flexibility index (Phi) is 7.14. The van der Waals surface area contributed by atoms with Crippen molar-refractivity contribution in [1.29, 1.82) is 0 Å². The number of aromatic nitrogens is 2. The second-order valence-electron chi connectivity index (χ2n) is 8.73. The van der Waals surface area contributed by atoms with E-state index in [1.54, 1.807) is 0 Å². The largest absolute Gasteiger partial charge is 0.476 e. The molecule has 0 aliphatic heterocycles. The topological polar surface area (TPSA) is 123 Å². The van der Waals surface area contributed by atoms with Crippen molar-refractivity contribution >= 4 is 23.7 Å². The number of amides is 2. The van der Waals surface area contributed by atoms with Gasteiger partial charge >= 0.3 is 12.1 Å². The Bertz CT molecular complexity index is 1210. The summed E-state index contributed by atoms with van der Waals surface area (Å²) >= 11 is 0. The maximum atomic E-state index is 12.3. The summed E-state index contributed by atoms with van der Waals surface area (Å²) in [5.74, 6) is -1.51. The predicted molar refractivity (Wildman–Crippen MR) is 130 cm³/mol. The molecule has 9 nitrogen and oxygen atoms in total. The number of aryl methyl sites for hydroxylation is 1. The average molecular weight is 477 g/mol. The number of benzene rings is 2. The lowest BCUT2D eigenvalue weighted by Crippen LogP contribution is -2.28. The number of hydrogen-bond acceptors (Lipinski definition) is 5. The van der Waals surface area contributed by atoms with Crippen molar-refractivity contribution in [3.63, 3.8) is 0 Å². The maximum Gasteiger partial charge on any atom is 0.407 e. The highest BCUT2D eigenvalue weighted by molar-refractivity contribution is 5.99. The van der Waals surface area contributed by atoms with Crippen LogP contribution in [0.15, 0.2) is 54.7 Å². The molecule has 2 amide bonds. The van der Waals surface area contributed by atoms with E-state index in [4.69, 9.17) is 4.74 Å². The van der Waals surface area contributed by atoms with Crippen LogP contribution in [0.4, 0.5) is 10.5 Å². The molecule has 0 fully saturated rings. The van der Waals surface area contributed by atoms with Gasteiger partial charge in [0.2, 0.25) is 5.91 Å². The average Bonchev–Trinajstić information content (AvgIpc) is 3.35. The fourth-order valence-electron chi connectivity index (χ4n) is 4.47. The number of rotatable bonds is 9. The fourth-order valence-corrected chi connectivity index (χ4v) is 4.47. The van der Waals surface area contributed by atoms with Gasteiger partial charge in [-0.2, -0.15) is 5.10 Å². The summed E-state index contributed by atoms with van der Waals surface area (Å²) in [6, 6.07) is 16.3. The van der Waals surface area contributed by atoms with E-state index in [1.165, 1.54) is 29.1 Å². The molecule has 1 aliphatic carbocycles. The molecular formula is C26H28N4O5. The zero-order chi connectivity index (χ0) is 24.9. The third kappa shape index (κ3) is 5.34. The summed E-state index contributed by atoms with van der Waals surface area (Å²) < 4.78 is 6.72. The van der Waals surface area contributed by atoms with Crippen molar-refractivity contribution in [2.45, 2.75) is 25.7 Å². The van der Waals surface area contributed by atoms with E-state index in [0.717, 1.165) is 11.1 Å². The number of fused-ring (bicyclic) bond motifs is 3. The van der Waals surface area contributed by atoms with Crippen LogP contribution in [0.3, 0.4) is 0 Å². The van der Waals surface area contributed by atoms with Crippen LogP contribution in [0.25, 0.3) is 11.1 Å². The van der Waals surface area contributed by atoms with Crippen molar-refractivity contribution in [3.05, 3.63) is 71.5 Å². The molecule has 0 saturated heterocycles. The molecule has 1 aromatic heterocycles. The van der Waals surface area contributed by atoms with Crippen LogP contribution < -0.4 is 10.6 Å². The summed E-state index contributed by atoms with van der Waals surface area (Å²) in [4.78, 5) is 35.9. The minimum atomic E-state index is -1.17. The van der Waals surface area contributed by atoms with Crippen molar-refractivity contribution in [2.75, 3.05) is 18.5 Å². The van der Waals surface area contributed by atoms with Gasteiger partial charge in [0.1, 0.15) is 6.61 Å². The number of nitrogens with one attached hydrogen (secondary N) is 2. The number of carbonyl (C=O) groups excluding carboxylic acids is 2. The molecule has 0 spiro atoms. The van der Waals surface area contributed by atoms with Gasteiger partial charge in [-0.25, -0.2) is 9.59 Å². The van der Waals surface area contributed by atoms with Gasteiger partial charge in [0.25, 0.3) is 0 Å². The quantitative estimate of drug-likeness (QED) is 0.429. The van der Waals surface area contributed by atoms with E-state index in [0.29, 0.717) is 13.0 Å². The number of alkyl carbamates (subject to hydrolysis) is 1. The molecule has 0 radical (unpaired) electrons. The molecular weight excluding hydrogens is 448 g/mol. The van der Waals surface area contributed by atoms with E-state index in [1.807, 2.05) is 31.2 Å². The number of ether oxygens (including phenoxy) is 1. The summed E-state index contributed by atoms with van der Waals surface area (Å²) in [5.41, 5.74) is 4.73. The van der Waals surface area contributed by atoms with Crippen LogP contribution in [0, 0.1) is 5.92 Å².